The molecule has 1 atom stereocenters. The summed E-state index contributed by atoms with van der Waals surface area (Å²) in [5.74, 6) is 0.0399. The van der Waals surface area contributed by atoms with Gasteiger partial charge in [-0.1, -0.05) is 42.5 Å². The zero-order chi connectivity index (χ0) is 26.1. The molecule has 0 heterocycles. The van der Waals surface area contributed by atoms with Crippen molar-refractivity contribution in [3.63, 3.8) is 0 Å². The zero-order valence-corrected chi connectivity index (χ0v) is 20.3. The quantitative estimate of drug-likeness (QED) is 0.188. The Bertz CT molecular complexity index is 1170. The number of nitrogens with one attached hydrogen (secondary N) is 1. The van der Waals surface area contributed by atoms with Gasteiger partial charge in [0.2, 0.25) is 0 Å². The number of esters is 1. The molecule has 1 amide bonds. The largest absolute Gasteiger partial charge is 0.489 e. The Balaban J connectivity index is 1.68. The van der Waals surface area contributed by atoms with Crippen LogP contribution in [0, 0.1) is 10.1 Å². The first kappa shape index (κ1) is 26.2. The maximum atomic E-state index is 12.9. The number of benzene rings is 3. The first-order valence-electron chi connectivity index (χ1n) is 11.3. The molecule has 0 radical (unpaired) electrons. The van der Waals surface area contributed by atoms with Crippen molar-refractivity contribution < 1.29 is 28.7 Å². The average molecular weight is 493 g/mol. The van der Waals surface area contributed by atoms with Gasteiger partial charge in [-0.3, -0.25) is 10.1 Å². The molecule has 0 aromatic heterocycles. The number of hydrogen-bond acceptors (Lipinski definition) is 7. The van der Waals surface area contributed by atoms with E-state index in [0.717, 1.165) is 11.1 Å². The van der Waals surface area contributed by atoms with Crippen LogP contribution in [0.25, 0.3) is 0 Å². The van der Waals surface area contributed by atoms with Crippen LogP contribution in [-0.2, 0) is 22.6 Å². The summed E-state index contributed by atoms with van der Waals surface area (Å²) in [6, 6.07) is 20.9. The second-order valence-corrected chi connectivity index (χ2v) is 8.99. The average Bonchev–Trinajstić information content (AvgIpc) is 2.83. The molecule has 0 bridgehead atoms. The fourth-order valence-electron chi connectivity index (χ4n) is 3.16. The van der Waals surface area contributed by atoms with Crippen LogP contribution < -0.4 is 14.8 Å². The number of rotatable bonds is 9. The molecule has 0 saturated heterocycles. The minimum Gasteiger partial charge on any atom is -0.489 e. The lowest BCUT2D eigenvalue weighted by atomic mass is 10.1. The maximum Gasteiger partial charge on any atom is 0.408 e. The number of nitrogens with zero attached hydrogens (tertiary/aromatic N) is 1. The molecule has 0 aliphatic rings. The van der Waals surface area contributed by atoms with Crippen molar-refractivity contribution in [2.75, 3.05) is 0 Å². The van der Waals surface area contributed by atoms with Crippen molar-refractivity contribution in [3.8, 4) is 11.5 Å². The van der Waals surface area contributed by atoms with Gasteiger partial charge in [0, 0.05) is 18.6 Å². The number of alkyl carbamates (subject to hydrolysis) is 1. The molecule has 3 rings (SSSR count). The van der Waals surface area contributed by atoms with E-state index in [1.165, 1.54) is 24.3 Å². The molecule has 188 valence electrons. The maximum absolute atomic E-state index is 12.9. The third-order valence-corrected chi connectivity index (χ3v) is 4.85. The van der Waals surface area contributed by atoms with Crippen molar-refractivity contribution in [2.24, 2.45) is 0 Å². The van der Waals surface area contributed by atoms with Crippen LogP contribution in [0.4, 0.5) is 10.5 Å². The van der Waals surface area contributed by atoms with Crippen molar-refractivity contribution in [1.82, 2.24) is 5.32 Å². The second-order valence-electron chi connectivity index (χ2n) is 8.99. The van der Waals surface area contributed by atoms with Crippen molar-refractivity contribution in [3.05, 3.63) is 100 Å². The van der Waals surface area contributed by atoms with E-state index in [9.17, 15) is 19.7 Å². The van der Waals surface area contributed by atoms with E-state index in [2.05, 4.69) is 5.32 Å². The first-order valence-corrected chi connectivity index (χ1v) is 11.3. The highest BCUT2D eigenvalue weighted by Gasteiger charge is 2.26. The Kier molecular flexibility index (Phi) is 8.61. The molecule has 1 N–H and O–H groups in total. The predicted octanol–water partition coefficient (Wildman–Crippen LogP) is 5.22. The molecule has 9 nitrogen and oxygen atoms in total. The lowest BCUT2D eigenvalue weighted by Gasteiger charge is -2.23. The van der Waals surface area contributed by atoms with Crippen molar-refractivity contribution in [1.29, 1.82) is 0 Å². The number of non-ortho nitro benzene ring substituents is 1. The van der Waals surface area contributed by atoms with E-state index in [-0.39, 0.29) is 17.9 Å². The number of carbonyl (C=O) groups excluding carboxylic acids is 2. The van der Waals surface area contributed by atoms with Gasteiger partial charge in [0.1, 0.15) is 29.7 Å². The molecule has 0 aliphatic heterocycles. The summed E-state index contributed by atoms with van der Waals surface area (Å²) >= 11 is 0. The van der Waals surface area contributed by atoms with Gasteiger partial charge >= 0.3 is 12.1 Å². The third-order valence-electron chi connectivity index (χ3n) is 4.85. The molecule has 1 unspecified atom stereocenters. The molecule has 0 aliphatic carbocycles. The second kappa shape index (κ2) is 11.8. The summed E-state index contributed by atoms with van der Waals surface area (Å²) < 4.78 is 16.5. The Labute approximate surface area is 209 Å². The van der Waals surface area contributed by atoms with Gasteiger partial charge in [0.15, 0.2) is 0 Å². The fraction of sp³-hybridized carbons (Fsp3) is 0.259. The van der Waals surface area contributed by atoms with Crippen molar-refractivity contribution >= 4 is 17.7 Å². The molecule has 3 aromatic carbocycles. The number of ether oxygens (including phenoxy) is 3. The van der Waals surface area contributed by atoms with Crippen molar-refractivity contribution in [2.45, 2.75) is 45.4 Å². The summed E-state index contributed by atoms with van der Waals surface area (Å²) in [4.78, 5) is 35.6. The van der Waals surface area contributed by atoms with Gasteiger partial charge in [-0.25, -0.2) is 9.59 Å². The van der Waals surface area contributed by atoms with E-state index >= 15 is 0 Å². The van der Waals surface area contributed by atoms with E-state index in [0.29, 0.717) is 12.4 Å². The lowest BCUT2D eigenvalue weighted by Crippen LogP contribution is -2.46. The molecule has 36 heavy (non-hydrogen) atoms. The molecular weight excluding hydrogens is 464 g/mol. The molecule has 9 heteroatoms. The SMILES string of the molecule is CC(C)(C)OC(=O)NC(Cc1ccc(OCc2ccccc2)cc1)C(=O)Oc1ccc([N+](=O)[O-])cc1. The lowest BCUT2D eigenvalue weighted by molar-refractivity contribution is -0.384. The Morgan fingerprint density at radius 1 is 0.889 bits per heavy atom. The highest BCUT2D eigenvalue weighted by atomic mass is 16.6. The standard InChI is InChI=1S/C27H28N2O7/c1-27(2,3)36-26(31)28-24(25(30)35-23-15-11-21(12-16-23)29(32)33)17-19-9-13-22(14-10-19)34-18-20-7-5-4-6-8-20/h4-16,24H,17-18H2,1-3H3,(H,28,31). The highest BCUT2D eigenvalue weighted by Crippen LogP contribution is 2.20. The van der Waals surface area contributed by atoms with E-state index in [1.807, 2.05) is 30.3 Å². The smallest absolute Gasteiger partial charge is 0.408 e. The monoisotopic (exact) mass is 492 g/mol. The number of amides is 1. The normalized spacial score (nSPS) is 11.8. The molecule has 0 spiro atoms. The minimum absolute atomic E-state index is 0.117. The van der Waals surface area contributed by atoms with Crippen LogP contribution >= 0.6 is 0 Å². The van der Waals surface area contributed by atoms with E-state index in [1.54, 1.807) is 45.0 Å². The summed E-state index contributed by atoms with van der Waals surface area (Å²) in [7, 11) is 0. The van der Waals surface area contributed by atoms with Crippen LogP contribution in [0.1, 0.15) is 31.9 Å². The zero-order valence-electron chi connectivity index (χ0n) is 20.3. The van der Waals surface area contributed by atoms with Crippen LogP contribution in [0.15, 0.2) is 78.9 Å². The third kappa shape index (κ3) is 8.43. The number of nitro benzene ring substituents is 1. The Morgan fingerprint density at radius 2 is 1.50 bits per heavy atom. The van der Waals surface area contributed by atoms with E-state index < -0.39 is 28.6 Å². The van der Waals surface area contributed by atoms with Gasteiger partial charge in [-0.15, -0.1) is 0 Å². The van der Waals surface area contributed by atoms with Crippen LogP contribution in [0.3, 0.4) is 0 Å². The fourth-order valence-corrected chi connectivity index (χ4v) is 3.16. The molecule has 0 saturated carbocycles. The summed E-state index contributed by atoms with van der Waals surface area (Å²) in [6.45, 7) is 5.56. The molecule has 3 aromatic rings. The van der Waals surface area contributed by atoms with Gasteiger partial charge in [-0.05, 0) is 56.2 Å². The van der Waals surface area contributed by atoms with Crippen LogP contribution in [-0.4, -0.2) is 28.6 Å². The predicted molar refractivity (Wildman–Crippen MR) is 133 cm³/mol. The highest BCUT2D eigenvalue weighted by molar-refractivity contribution is 5.83. The molecular formula is C27H28N2O7. The summed E-state index contributed by atoms with van der Waals surface area (Å²) in [5, 5.41) is 13.4. The molecule has 0 fully saturated rings. The summed E-state index contributed by atoms with van der Waals surface area (Å²) in [6.07, 6.45) is -0.639. The van der Waals surface area contributed by atoms with E-state index in [4.69, 9.17) is 14.2 Å². The van der Waals surface area contributed by atoms with Gasteiger partial charge in [0.05, 0.1) is 4.92 Å². The first-order chi connectivity index (χ1) is 17.1. The van der Waals surface area contributed by atoms with Crippen LogP contribution in [0.2, 0.25) is 0 Å². The summed E-state index contributed by atoms with van der Waals surface area (Å²) in [5.41, 5.74) is 0.906. The number of carbonyl (C=O) groups is 2. The topological polar surface area (TPSA) is 117 Å². The Hall–Kier alpha value is -4.40. The Morgan fingerprint density at radius 3 is 2.08 bits per heavy atom. The number of nitro groups is 1. The van der Waals surface area contributed by atoms with Gasteiger partial charge < -0.3 is 19.5 Å². The van der Waals surface area contributed by atoms with Crippen LogP contribution in [0.5, 0.6) is 11.5 Å². The van der Waals surface area contributed by atoms with Gasteiger partial charge in [0.25, 0.3) is 5.69 Å². The number of hydrogen-bond donors (Lipinski definition) is 1. The minimum atomic E-state index is -1.06. The van der Waals surface area contributed by atoms with Gasteiger partial charge in [-0.2, -0.15) is 0 Å².